The van der Waals surface area contributed by atoms with E-state index in [9.17, 15) is 10.2 Å². The lowest BCUT2D eigenvalue weighted by molar-refractivity contribution is 0.133. The Morgan fingerprint density at radius 3 is 2.77 bits per heavy atom. The minimum Gasteiger partial charge on any atom is -0.490 e. The quantitative estimate of drug-likeness (QED) is 0.470. The van der Waals surface area contributed by atoms with Gasteiger partial charge >= 0.3 is 0 Å². The number of aliphatic hydroxyl groups is 2. The van der Waals surface area contributed by atoms with Gasteiger partial charge in [-0.15, -0.1) is 11.8 Å². The van der Waals surface area contributed by atoms with E-state index in [4.69, 9.17) is 9.47 Å². The first-order valence-electron chi connectivity index (χ1n) is 10.9. The summed E-state index contributed by atoms with van der Waals surface area (Å²) < 4.78 is 12.0. The van der Waals surface area contributed by atoms with E-state index in [2.05, 4.69) is 30.1 Å². The van der Waals surface area contributed by atoms with Crippen LogP contribution in [0, 0.1) is 23.7 Å². The number of hydrogen-bond donors (Lipinski definition) is 3. The van der Waals surface area contributed by atoms with Gasteiger partial charge in [0.1, 0.15) is 6.10 Å². The molecule has 30 heavy (non-hydrogen) atoms. The lowest BCUT2D eigenvalue weighted by atomic mass is 9.87. The topological polar surface area (TPSA) is 71.0 Å². The Morgan fingerprint density at radius 1 is 1.37 bits per heavy atom. The van der Waals surface area contributed by atoms with Crippen molar-refractivity contribution in [1.29, 1.82) is 0 Å². The van der Waals surface area contributed by atoms with Gasteiger partial charge in [0.05, 0.1) is 18.8 Å². The summed E-state index contributed by atoms with van der Waals surface area (Å²) in [7, 11) is 3.75. The fourth-order valence-electron chi connectivity index (χ4n) is 4.02. The molecule has 1 aromatic carbocycles. The molecule has 5 heteroatoms. The molecule has 2 aliphatic rings. The predicted octanol–water partition coefficient (Wildman–Crippen LogP) is 3.50. The van der Waals surface area contributed by atoms with Crippen molar-refractivity contribution in [2.45, 2.75) is 64.3 Å². The number of nitrogens with one attached hydrogen (secondary N) is 1. The maximum Gasteiger partial charge on any atom is 0.165 e. The molecular weight excluding hydrogens is 378 g/mol. The molecule has 0 bridgehead atoms. The third-order valence-corrected chi connectivity index (χ3v) is 5.55. The summed E-state index contributed by atoms with van der Waals surface area (Å²) in [6, 6.07) is 5.99. The van der Waals surface area contributed by atoms with E-state index in [1.54, 1.807) is 6.92 Å². The number of benzene rings is 1. The van der Waals surface area contributed by atoms with E-state index in [1.807, 2.05) is 45.3 Å². The summed E-state index contributed by atoms with van der Waals surface area (Å²) in [6.07, 6.45) is 4.89. The molecule has 0 saturated heterocycles. The van der Waals surface area contributed by atoms with E-state index < -0.39 is 12.2 Å². The molecule has 0 aromatic heterocycles. The normalized spacial score (nSPS) is 25.8. The van der Waals surface area contributed by atoms with Gasteiger partial charge in [-0.25, -0.2) is 0 Å². The van der Waals surface area contributed by atoms with Crippen molar-refractivity contribution in [3.05, 3.63) is 35.9 Å². The molecular formula is C25H37NO4. The minimum atomic E-state index is -0.571. The molecule has 3 N–H and O–H groups in total. The largest absolute Gasteiger partial charge is 0.490 e. The lowest BCUT2D eigenvalue weighted by Gasteiger charge is -2.19. The van der Waals surface area contributed by atoms with E-state index in [-0.39, 0.29) is 23.9 Å². The third-order valence-electron chi connectivity index (χ3n) is 5.55. The maximum absolute atomic E-state index is 10.6. The van der Waals surface area contributed by atoms with Crippen LogP contribution in [0.4, 0.5) is 0 Å². The van der Waals surface area contributed by atoms with Crippen molar-refractivity contribution in [3.8, 4) is 23.3 Å². The summed E-state index contributed by atoms with van der Waals surface area (Å²) in [5.74, 6) is 7.56. The third kappa shape index (κ3) is 5.78. The number of para-hydroxylation sites is 1. The van der Waals surface area contributed by atoms with Crippen molar-refractivity contribution in [2.24, 2.45) is 11.8 Å². The molecule has 1 heterocycles. The highest BCUT2D eigenvalue weighted by Gasteiger charge is 2.49. The van der Waals surface area contributed by atoms with Crippen molar-refractivity contribution in [2.75, 3.05) is 20.7 Å². The smallest absolute Gasteiger partial charge is 0.165 e. The first-order chi connectivity index (χ1) is 14.5. The zero-order valence-electron chi connectivity index (χ0n) is 18.9. The number of rotatable bonds is 7. The van der Waals surface area contributed by atoms with Crippen LogP contribution < -0.4 is 14.8 Å². The molecule has 1 aliphatic carbocycles. The minimum absolute atomic E-state index is 0.0449. The number of aliphatic hydroxyl groups excluding tert-OH is 2. The van der Waals surface area contributed by atoms with Crippen LogP contribution in [0.3, 0.4) is 0 Å². The van der Waals surface area contributed by atoms with E-state index >= 15 is 0 Å². The second-order valence-electron chi connectivity index (χ2n) is 8.07. The van der Waals surface area contributed by atoms with Gasteiger partial charge in [-0.1, -0.05) is 38.1 Å². The second-order valence-corrected chi connectivity index (χ2v) is 8.07. The van der Waals surface area contributed by atoms with Crippen LogP contribution in [0.15, 0.2) is 30.4 Å². The highest BCUT2D eigenvalue weighted by atomic mass is 16.5. The van der Waals surface area contributed by atoms with E-state index in [1.165, 1.54) is 0 Å². The molecule has 0 unspecified atom stereocenters. The summed E-state index contributed by atoms with van der Waals surface area (Å²) in [5, 5.41) is 23.7. The molecule has 0 radical (unpaired) electrons. The number of ether oxygens (including phenoxy) is 2. The van der Waals surface area contributed by atoms with Gasteiger partial charge in [-0.3, -0.25) is 0 Å². The van der Waals surface area contributed by atoms with Gasteiger partial charge in [-0.05, 0) is 39.4 Å². The van der Waals surface area contributed by atoms with Crippen LogP contribution in [-0.4, -0.2) is 49.2 Å². The average molecular weight is 416 g/mol. The molecule has 0 amide bonds. The second kappa shape index (κ2) is 12.0. The first kappa shape index (κ1) is 24.3. The Labute approximate surface area is 181 Å². The van der Waals surface area contributed by atoms with Gasteiger partial charge in [0, 0.05) is 30.2 Å². The molecule has 166 valence electrons. The molecule has 1 saturated carbocycles. The van der Waals surface area contributed by atoms with E-state index in [0.29, 0.717) is 19.4 Å². The summed E-state index contributed by atoms with van der Waals surface area (Å²) in [6.45, 7) is 6.53. The Kier molecular flexibility index (Phi) is 9.71. The van der Waals surface area contributed by atoms with Crippen LogP contribution in [0.1, 0.15) is 51.5 Å². The van der Waals surface area contributed by atoms with Crippen molar-refractivity contribution in [1.82, 2.24) is 5.32 Å². The number of fused-ring (bicyclic) bond motifs is 3. The Bertz CT molecular complexity index is 751. The SMILES string of the molecule is CC#CC[C@H](C)[C@H](O)C=C[C@@H]1[C@H]2c3cccc(OCCC)c3O[C@H]2C[C@H]1O.CNC. The summed E-state index contributed by atoms with van der Waals surface area (Å²) >= 11 is 0. The summed E-state index contributed by atoms with van der Waals surface area (Å²) in [5.41, 5.74) is 1.10. The van der Waals surface area contributed by atoms with Crippen LogP contribution in [0.25, 0.3) is 0 Å². The van der Waals surface area contributed by atoms with Crippen LogP contribution in [0.2, 0.25) is 0 Å². The molecule has 3 rings (SSSR count). The maximum atomic E-state index is 10.6. The highest BCUT2D eigenvalue weighted by Crippen LogP contribution is 2.53. The standard InChI is InChI=1S/C23H30O4.C2H7N/c1-4-6-8-15(3)18(24)12-11-16-19(25)14-21-22(16)17-9-7-10-20(23(17)27-21)26-13-5-2;1-3-2/h7,9-12,15-16,18-19,21-22,24-25H,5,8,13-14H2,1-3H3;3H,1-2H3/t15-,16-,18+,19+,21-,22-;/m0./s1. The Morgan fingerprint density at radius 2 is 2.10 bits per heavy atom. The zero-order chi connectivity index (χ0) is 22.1. The van der Waals surface area contributed by atoms with Gasteiger partial charge in [-0.2, -0.15) is 0 Å². The monoisotopic (exact) mass is 415 g/mol. The lowest BCUT2D eigenvalue weighted by Crippen LogP contribution is -2.19. The van der Waals surface area contributed by atoms with Crippen molar-refractivity contribution in [3.63, 3.8) is 0 Å². The van der Waals surface area contributed by atoms with Crippen molar-refractivity contribution < 1.29 is 19.7 Å². The molecule has 1 aromatic rings. The first-order valence-corrected chi connectivity index (χ1v) is 10.9. The molecule has 6 atom stereocenters. The Balaban J connectivity index is 0.00000101. The van der Waals surface area contributed by atoms with E-state index in [0.717, 1.165) is 23.5 Å². The van der Waals surface area contributed by atoms with Crippen LogP contribution in [-0.2, 0) is 0 Å². The Hall–Kier alpha value is -2.00. The predicted molar refractivity (Wildman–Crippen MR) is 121 cm³/mol. The molecule has 1 aliphatic heterocycles. The van der Waals surface area contributed by atoms with Gasteiger partial charge in [0.15, 0.2) is 11.5 Å². The van der Waals surface area contributed by atoms with Crippen LogP contribution in [0.5, 0.6) is 11.5 Å². The number of hydrogen-bond acceptors (Lipinski definition) is 5. The fraction of sp³-hybridized carbons (Fsp3) is 0.600. The highest BCUT2D eigenvalue weighted by molar-refractivity contribution is 5.53. The van der Waals surface area contributed by atoms with Crippen molar-refractivity contribution >= 4 is 0 Å². The molecule has 0 spiro atoms. The zero-order valence-corrected chi connectivity index (χ0v) is 18.9. The van der Waals surface area contributed by atoms with Gasteiger partial charge in [0.25, 0.3) is 0 Å². The summed E-state index contributed by atoms with van der Waals surface area (Å²) in [4.78, 5) is 0. The average Bonchev–Trinajstić information content (AvgIpc) is 3.24. The van der Waals surface area contributed by atoms with Gasteiger partial charge in [0.2, 0.25) is 0 Å². The molecule has 1 fully saturated rings. The van der Waals surface area contributed by atoms with Gasteiger partial charge < -0.3 is 25.0 Å². The fourth-order valence-corrected chi connectivity index (χ4v) is 4.02. The molecule has 5 nitrogen and oxygen atoms in total. The van der Waals surface area contributed by atoms with Crippen LogP contribution >= 0.6 is 0 Å².